The lowest BCUT2D eigenvalue weighted by molar-refractivity contribution is 1.67. The van der Waals surface area contributed by atoms with Crippen LogP contribution >= 0.6 is 0 Å². The number of allylic oxidation sites excluding steroid dienone is 2. The van der Waals surface area contributed by atoms with Crippen molar-refractivity contribution in [3.05, 3.63) is 71.8 Å². The predicted octanol–water partition coefficient (Wildman–Crippen LogP) is 6.06. The molecule has 0 aromatic heterocycles. The lowest BCUT2D eigenvalue weighted by Crippen LogP contribution is -1.88. The van der Waals surface area contributed by atoms with Crippen LogP contribution in [0.1, 0.15) is 25.0 Å². The van der Waals surface area contributed by atoms with E-state index in [0.29, 0.717) is 0 Å². The average Bonchev–Trinajstić information content (AvgIpc) is 2.51. The summed E-state index contributed by atoms with van der Waals surface area (Å²) in [6, 6.07) is 17.3. The molecule has 0 saturated heterocycles. The van der Waals surface area contributed by atoms with E-state index in [0.717, 1.165) is 0 Å². The van der Waals surface area contributed by atoms with Gasteiger partial charge < -0.3 is 0 Å². The summed E-state index contributed by atoms with van der Waals surface area (Å²) in [5.74, 6) is 0. The summed E-state index contributed by atoms with van der Waals surface area (Å²) in [5, 5.41) is 5.28. The van der Waals surface area contributed by atoms with E-state index in [4.69, 9.17) is 0 Å². The molecule has 0 nitrogen and oxygen atoms in total. The molecular weight excluding hydrogens is 240 g/mol. The van der Waals surface area contributed by atoms with Gasteiger partial charge in [-0.15, -0.1) is 0 Å². The summed E-state index contributed by atoms with van der Waals surface area (Å²) in [5.41, 5.74) is 2.61. The molecule has 0 radical (unpaired) electrons. The number of fused-ring (bicyclic) bond motifs is 3. The highest BCUT2D eigenvalue weighted by Crippen LogP contribution is 2.34. The first kappa shape index (κ1) is 12.7. The third-order valence-corrected chi connectivity index (χ3v) is 3.68. The van der Waals surface area contributed by atoms with Crippen LogP contribution in [0.25, 0.3) is 33.7 Å². The minimum atomic E-state index is 1.31. The highest BCUT2D eigenvalue weighted by molar-refractivity contribution is 6.14. The fraction of sp³-hybridized carbons (Fsp3) is 0.100. The first-order chi connectivity index (χ1) is 9.86. The van der Waals surface area contributed by atoms with E-state index in [2.05, 4.69) is 86.7 Å². The van der Waals surface area contributed by atoms with Crippen molar-refractivity contribution in [2.75, 3.05) is 0 Å². The van der Waals surface area contributed by atoms with Crippen molar-refractivity contribution in [3.63, 3.8) is 0 Å². The number of benzene rings is 3. The van der Waals surface area contributed by atoms with Gasteiger partial charge >= 0.3 is 0 Å². The molecule has 0 heteroatoms. The molecule has 0 bridgehead atoms. The normalized spacial score (nSPS) is 12.1. The van der Waals surface area contributed by atoms with Gasteiger partial charge in [-0.25, -0.2) is 0 Å². The Balaban J connectivity index is 2.61. The summed E-state index contributed by atoms with van der Waals surface area (Å²) in [6.45, 7) is 4.15. The van der Waals surface area contributed by atoms with Crippen molar-refractivity contribution in [1.29, 1.82) is 0 Å². The summed E-state index contributed by atoms with van der Waals surface area (Å²) in [6.07, 6.45) is 8.65. The molecule has 0 fully saturated rings. The zero-order valence-electron chi connectivity index (χ0n) is 11.9. The van der Waals surface area contributed by atoms with Gasteiger partial charge in [0.1, 0.15) is 0 Å². The van der Waals surface area contributed by atoms with E-state index in [-0.39, 0.29) is 0 Å². The second kappa shape index (κ2) is 5.34. The van der Waals surface area contributed by atoms with E-state index in [9.17, 15) is 0 Å². The molecular formula is C20H18. The zero-order valence-corrected chi connectivity index (χ0v) is 11.9. The lowest BCUT2D eigenvalue weighted by Gasteiger charge is -2.13. The fourth-order valence-corrected chi connectivity index (χ4v) is 2.89. The van der Waals surface area contributed by atoms with Gasteiger partial charge in [0.25, 0.3) is 0 Å². The Morgan fingerprint density at radius 1 is 0.550 bits per heavy atom. The number of hydrogen-bond acceptors (Lipinski definition) is 0. The van der Waals surface area contributed by atoms with Gasteiger partial charge in [0.15, 0.2) is 0 Å². The largest absolute Gasteiger partial charge is 0.0870 e. The first-order valence-electron chi connectivity index (χ1n) is 7.05. The molecule has 0 amide bonds. The average molecular weight is 258 g/mol. The molecule has 3 aromatic carbocycles. The van der Waals surface area contributed by atoms with Gasteiger partial charge in [0.05, 0.1) is 0 Å². The fourth-order valence-electron chi connectivity index (χ4n) is 2.89. The van der Waals surface area contributed by atoms with Crippen LogP contribution in [-0.2, 0) is 0 Å². The highest BCUT2D eigenvalue weighted by Gasteiger charge is 2.09. The van der Waals surface area contributed by atoms with Gasteiger partial charge in [-0.3, -0.25) is 0 Å². The maximum Gasteiger partial charge on any atom is -0.00990 e. The minimum Gasteiger partial charge on any atom is -0.0870 e. The SMILES string of the molecule is C/C=C/c1c(/C=C/C)c2ccccc2c2ccccc12. The molecule has 3 aromatic rings. The van der Waals surface area contributed by atoms with Crippen LogP contribution in [0.3, 0.4) is 0 Å². The summed E-state index contributed by atoms with van der Waals surface area (Å²) in [4.78, 5) is 0. The van der Waals surface area contributed by atoms with Crippen molar-refractivity contribution in [3.8, 4) is 0 Å². The Morgan fingerprint density at radius 3 is 1.25 bits per heavy atom. The molecule has 0 N–H and O–H groups in total. The molecule has 0 aliphatic rings. The van der Waals surface area contributed by atoms with E-state index in [1.54, 1.807) is 0 Å². The van der Waals surface area contributed by atoms with Crippen molar-refractivity contribution in [2.24, 2.45) is 0 Å². The van der Waals surface area contributed by atoms with Crippen molar-refractivity contribution in [1.82, 2.24) is 0 Å². The van der Waals surface area contributed by atoms with Crippen LogP contribution in [0, 0.1) is 0 Å². The molecule has 0 atom stereocenters. The monoisotopic (exact) mass is 258 g/mol. The van der Waals surface area contributed by atoms with E-state index < -0.39 is 0 Å². The number of rotatable bonds is 2. The van der Waals surface area contributed by atoms with Crippen LogP contribution in [0.4, 0.5) is 0 Å². The third kappa shape index (κ3) is 1.94. The maximum absolute atomic E-state index is 2.21. The molecule has 3 rings (SSSR count). The van der Waals surface area contributed by atoms with Crippen LogP contribution < -0.4 is 0 Å². The highest BCUT2D eigenvalue weighted by atomic mass is 14.1. The van der Waals surface area contributed by atoms with E-state index in [1.807, 2.05) is 0 Å². The van der Waals surface area contributed by atoms with Crippen LogP contribution in [0.2, 0.25) is 0 Å². The Bertz CT molecular complexity index is 749. The Kier molecular flexibility index (Phi) is 3.39. The second-order valence-electron chi connectivity index (χ2n) is 4.92. The van der Waals surface area contributed by atoms with Crippen LogP contribution in [0.15, 0.2) is 60.7 Å². The molecule has 98 valence electrons. The van der Waals surface area contributed by atoms with Gasteiger partial charge in [0, 0.05) is 0 Å². The summed E-state index contributed by atoms with van der Waals surface area (Å²) in [7, 11) is 0. The summed E-state index contributed by atoms with van der Waals surface area (Å²) >= 11 is 0. The Labute approximate surface area is 120 Å². The quantitative estimate of drug-likeness (QED) is 0.490. The zero-order chi connectivity index (χ0) is 13.9. The third-order valence-electron chi connectivity index (χ3n) is 3.68. The van der Waals surface area contributed by atoms with Crippen molar-refractivity contribution < 1.29 is 0 Å². The molecule has 0 unspecified atom stereocenters. The van der Waals surface area contributed by atoms with Crippen molar-refractivity contribution in [2.45, 2.75) is 13.8 Å². The number of hydrogen-bond donors (Lipinski definition) is 0. The van der Waals surface area contributed by atoms with Gasteiger partial charge in [-0.2, -0.15) is 0 Å². The smallest absolute Gasteiger partial charge is 0.00990 e. The standard InChI is InChI=1S/C20H18/c1-3-9-15-16(10-4-2)18-12-6-8-14-20(18)19-13-7-5-11-17(15)19/h3-14H,1-2H3/b9-3+,10-4+. The van der Waals surface area contributed by atoms with Gasteiger partial charge in [-0.1, -0.05) is 72.8 Å². The lowest BCUT2D eigenvalue weighted by atomic mass is 9.91. The summed E-state index contributed by atoms with van der Waals surface area (Å²) < 4.78 is 0. The van der Waals surface area contributed by atoms with Gasteiger partial charge in [-0.05, 0) is 46.5 Å². The van der Waals surface area contributed by atoms with Crippen molar-refractivity contribution >= 4 is 33.7 Å². The molecule has 0 aliphatic carbocycles. The van der Waals surface area contributed by atoms with Crippen LogP contribution in [-0.4, -0.2) is 0 Å². The molecule has 0 spiro atoms. The minimum absolute atomic E-state index is 1.31. The molecule has 0 heterocycles. The maximum atomic E-state index is 2.21. The first-order valence-corrected chi connectivity index (χ1v) is 7.05. The van der Waals surface area contributed by atoms with Gasteiger partial charge in [0.2, 0.25) is 0 Å². The molecule has 0 aliphatic heterocycles. The predicted molar refractivity (Wildman–Crippen MR) is 90.9 cm³/mol. The Morgan fingerprint density at radius 2 is 0.900 bits per heavy atom. The topological polar surface area (TPSA) is 0 Å². The van der Waals surface area contributed by atoms with E-state index >= 15 is 0 Å². The van der Waals surface area contributed by atoms with E-state index in [1.165, 1.54) is 32.7 Å². The second-order valence-corrected chi connectivity index (χ2v) is 4.92. The molecule has 0 saturated carbocycles. The molecule has 20 heavy (non-hydrogen) atoms. The van der Waals surface area contributed by atoms with Crippen LogP contribution in [0.5, 0.6) is 0 Å². The Hall–Kier alpha value is -2.34.